The van der Waals surface area contributed by atoms with Crippen molar-refractivity contribution in [1.29, 1.82) is 0 Å². The van der Waals surface area contributed by atoms with Crippen molar-refractivity contribution in [1.82, 2.24) is 0 Å². The molecule has 2 aliphatic heterocycles. The van der Waals surface area contributed by atoms with Crippen molar-refractivity contribution in [2.45, 2.75) is 48.8 Å². The number of thioether (sulfide) groups is 1. The highest BCUT2D eigenvalue weighted by molar-refractivity contribution is 8.00. The topological polar surface area (TPSA) is 17.1 Å². The number of fused-ring (bicyclic) bond motifs is 2. The van der Waals surface area contributed by atoms with Gasteiger partial charge in [-0.05, 0) is 37.8 Å². The molecule has 0 aromatic heterocycles. The number of carbonyl (C=O) groups excluding carboxylic acids is 1. The van der Waals surface area contributed by atoms with Crippen molar-refractivity contribution in [3.63, 3.8) is 0 Å². The van der Waals surface area contributed by atoms with Crippen LogP contribution in [-0.4, -0.2) is 16.3 Å². The summed E-state index contributed by atoms with van der Waals surface area (Å²) in [7, 11) is 0. The second-order valence-electron chi connectivity index (χ2n) is 6.01. The number of hydrogen-bond donors (Lipinski definition) is 0. The van der Waals surface area contributed by atoms with Crippen LogP contribution >= 0.6 is 11.8 Å². The maximum absolute atomic E-state index is 14.1. The lowest BCUT2D eigenvalue weighted by Crippen LogP contribution is -2.33. The van der Waals surface area contributed by atoms with Gasteiger partial charge in [0.25, 0.3) is 0 Å². The van der Waals surface area contributed by atoms with Gasteiger partial charge in [-0.1, -0.05) is 12.5 Å². The summed E-state index contributed by atoms with van der Waals surface area (Å²) >= 11 is 1.88. The SMILES string of the molecule is O=C(c1cccc(C(F)(F)F)c1F)C1CC2CCCC(C1)S2. The molecule has 22 heavy (non-hydrogen) atoms. The normalized spacial score (nSPS) is 28.5. The highest BCUT2D eigenvalue weighted by atomic mass is 32.2. The van der Waals surface area contributed by atoms with E-state index in [9.17, 15) is 22.4 Å². The second-order valence-corrected chi connectivity index (χ2v) is 7.61. The van der Waals surface area contributed by atoms with Gasteiger partial charge >= 0.3 is 6.18 Å². The van der Waals surface area contributed by atoms with Gasteiger partial charge in [-0.2, -0.15) is 24.9 Å². The van der Waals surface area contributed by atoms with Crippen molar-refractivity contribution >= 4 is 17.5 Å². The zero-order chi connectivity index (χ0) is 15.9. The molecule has 0 saturated carbocycles. The van der Waals surface area contributed by atoms with E-state index in [1.54, 1.807) is 0 Å². The number of Topliss-reactive ketones (excluding diaryl/α,β-unsaturated/α-hetero) is 1. The summed E-state index contributed by atoms with van der Waals surface area (Å²) in [4.78, 5) is 12.5. The van der Waals surface area contributed by atoms with E-state index in [4.69, 9.17) is 0 Å². The van der Waals surface area contributed by atoms with Crippen LogP contribution in [0.5, 0.6) is 0 Å². The average molecular weight is 332 g/mol. The molecule has 1 aromatic rings. The van der Waals surface area contributed by atoms with Crippen LogP contribution in [0, 0.1) is 11.7 Å². The van der Waals surface area contributed by atoms with E-state index in [2.05, 4.69) is 0 Å². The molecule has 1 aromatic carbocycles. The lowest BCUT2D eigenvalue weighted by Gasteiger charge is -2.38. The van der Waals surface area contributed by atoms with Crippen LogP contribution in [0.25, 0.3) is 0 Å². The summed E-state index contributed by atoms with van der Waals surface area (Å²) in [6.07, 6.45) is -0.266. The van der Waals surface area contributed by atoms with E-state index in [0.29, 0.717) is 29.4 Å². The van der Waals surface area contributed by atoms with Gasteiger partial charge in [0.1, 0.15) is 5.82 Å². The monoisotopic (exact) mass is 332 g/mol. The Morgan fingerprint density at radius 1 is 1.14 bits per heavy atom. The molecule has 2 bridgehead atoms. The number of ketones is 1. The maximum atomic E-state index is 14.1. The first kappa shape index (κ1) is 15.8. The van der Waals surface area contributed by atoms with Gasteiger partial charge in [0.2, 0.25) is 0 Å². The minimum atomic E-state index is -4.78. The molecule has 2 unspecified atom stereocenters. The molecule has 0 amide bonds. The largest absolute Gasteiger partial charge is 0.419 e. The Hall–Kier alpha value is -1.04. The molecule has 3 rings (SSSR count). The van der Waals surface area contributed by atoms with Gasteiger partial charge in [0, 0.05) is 16.4 Å². The summed E-state index contributed by atoms with van der Waals surface area (Å²) < 4.78 is 52.4. The number of hydrogen-bond acceptors (Lipinski definition) is 2. The number of benzene rings is 1. The predicted molar refractivity (Wildman–Crippen MR) is 77.5 cm³/mol. The highest BCUT2D eigenvalue weighted by Crippen LogP contribution is 2.45. The van der Waals surface area contributed by atoms with Crippen molar-refractivity contribution in [3.05, 3.63) is 35.1 Å². The fourth-order valence-corrected chi connectivity index (χ4v) is 5.27. The summed E-state index contributed by atoms with van der Waals surface area (Å²) in [5.41, 5.74) is -1.77. The summed E-state index contributed by atoms with van der Waals surface area (Å²) in [5, 5.41) is 0.769. The third kappa shape index (κ3) is 3.03. The number of carbonyl (C=O) groups is 1. The molecule has 2 saturated heterocycles. The van der Waals surface area contributed by atoms with Crippen molar-refractivity contribution in [2.24, 2.45) is 5.92 Å². The predicted octanol–water partition coefficient (Wildman–Crippen LogP) is 5.09. The van der Waals surface area contributed by atoms with Crippen LogP contribution in [0.1, 0.15) is 48.0 Å². The Bertz CT molecular complexity index is 572. The molecule has 0 spiro atoms. The number of alkyl halides is 3. The highest BCUT2D eigenvalue weighted by Gasteiger charge is 2.39. The zero-order valence-electron chi connectivity index (χ0n) is 11.8. The fourth-order valence-electron chi connectivity index (χ4n) is 3.43. The van der Waals surface area contributed by atoms with Crippen LogP contribution in [0.2, 0.25) is 0 Å². The third-order valence-electron chi connectivity index (χ3n) is 4.47. The van der Waals surface area contributed by atoms with E-state index < -0.39 is 28.9 Å². The molecule has 0 aliphatic carbocycles. The van der Waals surface area contributed by atoms with Gasteiger partial charge in [0.15, 0.2) is 5.78 Å². The van der Waals surface area contributed by atoms with Crippen molar-refractivity contribution in [3.8, 4) is 0 Å². The van der Waals surface area contributed by atoms with Gasteiger partial charge in [-0.3, -0.25) is 4.79 Å². The maximum Gasteiger partial charge on any atom is 0.419 e. The first-order valence-corrected chi connectivity index (χ1v) is 8.36. The molecule has 2 fully saturated rings. The minimum Gasteiger partial charge on any atom is -0.294 e. The van der Waals surface area contributed by atoms with Gasteiger partial charge in [-0.15, -0.1) is 0 Å². The quantitative estimate of drug-likeness (QED) is 0.554. The van der Waals surface area contributed by atoms with E-state index >= 15 is 0 Å². The van der Waals surface area contributed by atoms with Crippen LogP contribution in [0.4, 0.5) is 17.6 Å². The van der Waals surface area contributed by atoms with Crippen LogP contribution < -0.4 is 0 Å². The third-order valence-corrected chi connectivity index (χ3v) is 6.10. The van der Waals surface area contributed by atoms with E-state index in [1.165, 1.54) is 6.07 Å². The van der Waals surface area contributed by atoms with E-state index in [0.717, 1.165) is 25.3 Å². The molecular weight excluding hydrogens is 316 g/mol. The molecule has 120 valence electrons. The zero-order valence-corrected chi connectivity index (χ0v) is 12.6. The van der Waals surface area contributed by atoms with Crippen LogP contribution in [0.15, 0.2) is 18.2 Å². The Labute approximate surface area is 130 Å². The van der Waals surface area contributed by atoms with E-state index in [-0.39, 0.29) is 5.92 Å². The molecular formula is C16H16F4OS. The Morgan fingerprint density at radius 2 is 1.77 bits per heavy atom. The Kier molecular flexibility index (Phi) is 4.23. The second kappa shape index (κ2) is 5.87. The van der Waals surface area contributed by atoms with Gasteiger partial charge < -0.3 is 0 Å². The molecule has 0 N–H and O–H groups in total. The van der Waals surface area contributed by atoms with Gasteiger partial charge in [-0.25, -0.2) is 4.39 Å². The molecule has 1 nitrogen and oxygen atoms in total. The Balaban J connectivity index is 1.86. The summed E-state index contributed by atoms with van der Waals surface area (Å²) in [6.45, 7) is 0. The van der Waals surface area contributed by atoms with E-state index in [1.807, 2.05) is 11.8 Å². The summed E-state index contributed by atoms with van der Waals surface area (Å²) in [6, 6.07) is 2.96. The average Bonchev–Trinajstić information content (AvgIpc) is 2.45. The molecule has 0 radical (unpaired) electrons. The number of rotatable bonds is 2. The molecule has 2 atom stereocenters. The number of halogens is 4. The summed E-state index contributed by atoms with van der Waals surface area (Å²) in [5.74, 6) is -2.25. The Morgan fingerprint density at radius 3 is 2.36 bits per heavy atom. The van der Waals surface area contributed by atoms with Crippen molar-refractivity contribution in [2.75, 3.05) is 0 Å². The first-order chi connectivity index (χ1) is 10.4. The molecule has 2 heterocycles. The molecule has 6 heteroatoms. The van der Waals surface area contributed by atoms with Crippen LogP contribution in [-0.2, 0) is 6.18 Å². The van der Waals surface area contributed by atoms with Gasteiger partial charge in [0.05, 0.1) is 11.1 Å². The first-order valence-electron chi connectivity index (χ1n) is 7.41. The lowest BCUT2D eigenvalue weighted by atomic mass is 9.84. The van der Waals surface area contributed by atoms with Crippen molar-refractivity contribution < 1.29 is 22.4 Å². The van der Waals surface area contributed by atoms with Crippen LogP contribution in [0.3, 0.4) is 0 Å². The lowest BCUT2D eigenvalue weighted by molar-refractivity contribution is -0.140. The molecule has 2 aliphatic rings. The standard InChI is InChI=1S/C16H16F4OS/c17-14-12(5-2-6-13(14)16(18,19)20)15(21)9-7-10-3-1-4-11(8-9)22-10/h2,5-6,9-11H,1,3-4,7-8H2. The smallest absolute Gasteiger partial charge is 0.294 e. The minimum absolute atomic E-state index is 0.352. The fraction of sp³-hybridized carbons (Fsp3) is 0.562.